The van der Waals surface area contributed by atoms with Crippen LogP contribution in [0.3, 0.4) is 0 Å². The molecule has 0 N–H and O–H groups in total. The molecule has 4 atom stereocenters. The van der Waals surface area contributed by atoms with Crippen molar-refractivity contribution < 1.29 is 22.3 Å². The summed E-state index contributed by atoms with van der Waals surface area (Å²) in [7, 11) is 0. The molecule has 5 heteroatoms. The lowest BCUT2D eigenvalue weighted by atomic mass is 9.67. The lowest BCUT2D eigenvalue weighted by Gasteiger charge is -2.42. The fourth-order valence-electron chi connectivity index (χ4n) is 5.74. The van der Waals surface area contributed by atoms with Gasteiger partial charge in [0.05, 0.1) is 12.0 Å². The van der Waals surface area contributed by atoms with E-state index in [4.69, 9.17) is 4.74 Å². The molecule has 0 radical (unpaired) electrons. The SMILES string of the molecule is CCCC1CCC(C2CCC(C3CC(F)C(C(F)F)C(F)C3)CC2)OC1. The number of rotatable bonds is 5. The highest BCUT2D eigenvalue weighted by molar-refractivity contribution is 4.92. The summed E-state index contributed by atoms with van der Waals surface area (Å²) in [5, 5.41) is 0. The number of hydrogen-bond acceptors (Lipinski definition) is 1. The van der Waals surface area contributed by atoms with E-state index in [0.29, 0.717) is 17.9 Å². The monoisotopic (exact) mass is 378 g/mol. The molecular formula is C21H34F4O. The van der Waals surface area contributed by atoms with Gasteiger partial charge in [-0.2, -0.15) is 0 Å². The summed E-state index contributed by atoms with van der Waals surface area (Å²) < 4.78 is 60.0. The quantitative estimate of drug-likeness (QED) is 0.506. The zero-order chi connectivity index (χ0) is 18.7. The maximum absolute atomic E-state index is 14.1. The van der Waals surface area contributed by atoms with E-state index in [-0.39, 0.29) is 24.7 Å². The van der Waals surface area contributed by atoms with E-state index >= 15 is 0 Å². The Balaban J connectivity index is 1.44. The Labute approximate surface area is 155 Å². The van der Waals surface area contributed by atoms with E-state index < -0.39 is 24.7 Å². The van der Waals surface area contributed by atoms with Crippen molar-refractivity contribution in [3.8, 4) is 0 Å². The first-order valence-corrected chi connectivity index (χ1v) is 10.7. The van der Waals surface area contributed by atoms with E-state index in [2.05, 4.69) is 6.92 Å². The van der Waals surface area contributed by atoms with Gasteiger partial charge in [0.2, 0.25) is 6.43 Å². The Kier molecular flexibility index (Phi) is 7.26. The maximum atomic E-state index is 14.1. The summed E-state index contributed by atoms with van der Waals surface area (Å²) in [6.45, 7) is 3.09. The lowest BCUT2D eigenvalue weighted by molar-refractivity contribution is -0.0759. The van der Waals surface area contributed by atoms with Crippen molar-refractivity contribution in [2.24, 2.45) is 29.6 Å². The van der Waals surface area contributed by atoms with E-state index in [1.807, 2.05) is 0 Å². The second kappa shape index (κ2) is 9.25. The maximum Gasteiger partial charge on any atom is 0.247 e. The molecule has 0 aromatic carbocycles. The molecule has 0 amide bonds. The third kappa shape index (κ3) is 4.74. The fourth-order valence-corrected chi connectivity index (χ4v) is 5.74. The van der Waals surface area contributed by atoms with Crippen molar-refractivity contribution >= 4 is 0 Å². The Hall–Kier alpha value is -0.320. The molecule has 1 heterocycles. The fraction of sp³-hybridized carbons (Fsp3) is 1.00. The van der Waals surface area contributed by atoms with Crippen LogP contribution in [0.25, 0.3) is 0 Å². The molecule has 1 saturated heterocycles. The largest absolute Gasteiger partial charge is 0.378 e. The average molecular weight is 378 g/mol. The van der Waals surface area contributed by atoms with Crippen LogP contribution in [0.5, 0.6) is 0 Å². The van der Waals surface area contributed by atoms with Crippen LogP contribution in [0, 0.1) is 29.6 Å². The van der Waals surface area contributed by atoms with E-state index in [9.17, 15) is 17.6 Å². The first kappa shape index (κ1) is 20.4. The first-order valence-electron chi connectivity index (χ1n) is 10.7. The van der Waals surface area contributed by atoms with Crippen LogP contribution in [0.1, 0.15) is 71.1 Å². The molecule has 2 saturated carbocycles. The summed E-state index contributed by atoms with van der Waals surface area (Å²) in [5.74, 6) is -0.224. The lowest BCUT2D eigenvalue weighted by Crippen LogP contribution is -2.42. The molecule has 4 unspecified atom stereocenters. The molecule has 26 heavy (non-hydrogen) atoms. The second-order valence-electron chi connectivity index (χ2n) is 8.95. The molecule has 2 aliphatic carbocycles. The topological polar surface area (TPSA) is 9.23 Å². The van der Waals surface area contributed by atoms with E-state index in [0.717, 1.165) is 38.7 Å². The number of hydrogen-bond donors (Lipinski definition) is 0. The predicted octanol–water partition coefficient (Wildman–Crippen LogP) is 6.36. The minimum Gasteiger partial charge on any atom is -0.378 e. The van der Waals surface area contributed by atoms with Gasteiger partial charge in [0.15, 0.2) is 0 Å². The van der Waals surface area contributed by atoms with Gasteiger partial charge in [-0.05, 0) is 81.5 Å². The highest BCUT2D eigenvalue weighted by atomic mass is 19.3. The number of ether oxygens (including phenoxy) is 1. The van der Waals surface area contributed by atoms with Crippen LogP contribution < -0.4 is 0 Å². The third-order valence-corrected chi connectivity index (χ3v) is 7.29. The summed E-state index contributed by atoms with van der Waals surface area (Å²) in [6.07, 6.45) is 3.17. The Bertz CT molecular complexity index is 404. The molecule has 1 nitrogen and oxygen atoms in total. The number of alkyl halides is 4. The van der Waals surface area contributed by atoms with Crippen molar-refractivity contribution in [3.05, 3.63) is 0 Å². The van der Waals surface area contributed by atoms with Crippen LogP contribution in [0.4, 0.5) is 17.6 Å². The van der Waals surface area contributed by atoms with Gasteiger partial charge in [0.25, 0.3) is 0 Å². The normalized spacial score (nSPS) is 45.0. The van der Waals surface area contributed by atoms with Gasteiger partial charge in [0, 0.05) is 6.61 Å². The van der Waals surface area contributed by atoms with Gasteiger partial charge in [-0.25, -0.2) is 17.6 Å². The van der Waals surface area contributed by atoms with Gasteiger partial charge in [0.1, 0.15) is 12.3 Å². The van der Waals surface area contributed by atoms with E-state index in [1.165, 1.54) is 19.3 Å². The first-order chi connectivity index (χ1) is 12.5. The number of halogens is 4. The van der Waals surface area contributed by atoms with E-state index in [1.54, 1.807) is 0 Å². The minimum absolute atomic E-state index is 0.0721. The molecule has 3 aliphatic rings. The third-order valence-electron chi connectivity index (χ3n) is 7.29. The molecular weight excluding hydrogens is 344 g/mol. The Morgan fingerprint density at radius 3 is 1.96 bits per heavy atom. The molecule has 1 aliphatic heterocycles. The van der Waals surface area contributed by atoms with Crippen LogP contribution >= 0.6 is 0 Å². The standard InChI is InChI=1S/C21H34F4O/c1-2-3-13-4-9-19(26-12-13)15-7-5-14(6-8-15)16-10-17(22)20(21(24)25)18(23)11-16/h13-21H,2-12H2,1H3. The summed E-state index contributed by atoms with van der Waals surface area (Å²) in [6, 6.07) is 0. The summed E-state index contributed by atoms with van der Waals surface area (Å²) >= 11 is 0. The van der Waals surface area contributed by atoms with Crippen molar-refractivity contribution in [2.45, 2.75) is 96.0 Å². The average Bonchev–Trinajstić information content (AvgIpc) is 2.62. The molecule has 0 bridgehead atoms. The molecule has 3 fully saturated rings. The minimum atomic E-state index is -2.89. The molecule has 0 spiro atoms. The van der Waals surface area contributed by atoms with Crippen molar-refractivity contribution in [1.29, 1.82) is 0 Å². The van der Waals surface area contributed by atoms with Crippen LogP contribution in [0.2, 0.25) is 0 Å². The van der Waals surface area contributed by atoms with Crippen LogP contribution in [-0.2, 0) is 4.74 Å². The Morgan fingerprint density at radius 2 is 1.46 bits per heavy atom. The molecule has 3 rings (SSSR count). The van der Waals surface area contributed by atoms with Crippen LogP contribution in [-0.4, -0.2) is 31.5 Å². The zero-order valence-electron chi connectivity index (χ0n) is 15.9. The Morgan fingerprint density at radius 1 is 0.846 bits per heavy atom. The molecule has 152 valence electrons. The summed E-state index contributed by atoms with van der Waals surface area (Å²) in [4.78, 5) is 0. The van der Waals surface area contributed by atoms with Gasteiger partial charge in [-0.3, -0.25) is 0 Å². The highest BCUT2D eigenvalue weighted by Gasteiger charge is 2.46. The predicted molar refractivity (Wildman–Crippen MR) is 94.8 cm³/mol. The van der Waals surface area contributed by atoms with Gasteiger partial charge >= 0.3 is 0 Å². The zero-order valence-corrected chi connectivity index (χ0v) is 15.9. The highest BCUT2D eigenvalue weighted by Crippen LogP contribution is 2.46. The van der Waals surface area contributed by atoms with Crippen molar-refractivity contribution in [1.82, 2.24) is 0 Å². The van der Waals surface area contributed by atoms with Crippen molar-refractivity contribution in [3.63, 3.8) is 0 Å². The van der Waals surface area contributed by atoms with Gasteiger partial charge in [-0.1, -0.05) is 13.3 Å². The van der Waals surface area contributed by atoms with Crippen LogP contribution in [0.15, 0.2) is 0 Å². The summed E-state index contributed by atoms with van der Waals surface area (Å²) in [5.41, 5.74) is 0. The van der Waals surface area contributed by atoms with Gasteiger partial charge < -0.3 is 4.74 Å². The smallest absolute Gasteiger partial charge is 0.247 e. The van der Waals surface area contributed by atoms with Crippen molar-refractivity contribution in [2.75, 3.05) is 6.61 Å². The molecule has 0 aromatic rings. The van der Waals surface area contributed by atoms with Gasteiger partial charge in [-0.15, -0.1) is 0 Å². The second-order valence-corrected chi connectivity index (χ2v) is 8.95. The molecule has 0 aromatic heterocycles.